The van der Waals surface area contributed by atoms with Crippen molar-refractivity contribution in [3.8, 4) is 0 Å². The summed E-state index contributed by atoms with van der Waals surface area (Å²) >= 11 is 5.89. The Morgan fingerprint density at radius 2 is 2.11 bits per heavy atom. The van der Waals surface area contributed by atoms with Gasteiger partial charge in [0.25, 0.3) is 5.91 Å². The molecule has 19 heavy (non-hydrogen) atoms. The van der Waals surface area contributed by atoms with Crippen molar-refractivity contribution >= 4 is 29.8 Å². The number of carbonyl (C=O) groups excluding carboxylic acids is 1. The molecule has 0 radical (unpaired) electrons. The number of benzene rings is 1. The first-order chi connectivity index (χ1) is 9.27. The van der Waals surface area contributed by atoms with Crippen LogP contribution in [0.5, 0.6) is 0 Å². The van der Waals surface area contributed by atoms with E-state index in [4.69, 9.17) is 16.0 Å². The number of nitrogens with one attached hydrogen (secondary N) is 1. The molecule has 4 nitrogen and oxygen atoms in total. The first-order valence-corrected chi connectivity index (χ1v) is 5.93. The van der Waals surface area contributed by atoms with E-state index in [0.717, 1.165) is 0 Å². The number of amides is 1. The number of rotatable bonds is 4. The quantitative estimate of drug-likeness (QED) is 0.686. The van der Waals surface area contributed by atoms with Crippen LogP contribution < -0.4 is 5.43 Å². The highest BCUT2D eigenvalue weighted by atomic mass is 35.5. The zero-order chi connectivity index (χ0) is 13.5. The minimum absolute atomic E-state index is 0.353. The SMILES string of the molecule is O=C(NN=CC=Cc1ccco1)c1ccccc1Cl. The lowest BCUT2D eigenvalue weighted by molar-refractivity contribution is 0.0955. The van der Waals surface area contributed by atoms with E-state index in [2.05, 4.69) is 10.5 Å². The molecule has 0 aliphatic carbocycles. The van der Waals surface area contributed by atoms with Gasteiger partial charge in [0.2, 0.25) is 0 Å². The molecule has 0 fully saturated rings. The zero-order valence-electron chi connectivity index (χ0n) is 9.92. The summed E-state index contributed by atoms with van der Waals surface area (Å²) in [5.41, 5.74) is 2.77. The van der Waals surface area contributed by atoms with Crippen LogP contribution in [0.1, 0.15) is 16.1 Å². The summed E-state index contributed by atoms with van der Waals surface area (Å²) < 4.78 is 5.09. The van der Waals surface area contributed by atoms with Crippen LogP contribution in [-0.2, 0) is 0 Å². The predicted molar refractivity (Wildman–Crippen MR) is 75.2 cm³/mol. The Balaban J connectivity index is 1.89. The molecular formula is C14H11ClN2O2. The number of hydrogen-bond donors (Lipinski definition) is 1. The molecule has 0 atom stereocenters. The Morgan fingerprint density at radius 3 is 2.84 bits per heavy atom. The summed E-state index contributed by atoms with van der Waals surface area (Å²) in [7, 11) is 0. The molecule has 1 aromatic carbocycles. The second-order valence-corrected chi connectivity index (χ2v) is 3.98. The summed E-state index contributed by atoms with van der Waals surface area (Å²) in [5.74, 6) is 0.358. The minimum Gasteiger partial charge on any atom is -0.465 e. The summed E-state index contributed by atoms with van der Waals surface area (Å²) in [6.45, 7) is 0. The maximum absolute atomic E-state index is 11.7. The summed E-state index contributed by atoms with van der Waals surface area (Å²) in [4.78, 5) is 11.7. The number of hydrogen-bond acceptors (Lipinski definition) is 3. The van der Waals surface area contributed by atoms with Crippen LogP contribution >= 0.6 is 11.6 Å². The van der Waals surface area contributed by atoms with Crippen LogP contribution in [0.2, 0.25) is 5.02 Å². The van der Waals surface area contributed by atoms with E-state index in [0.29, 0.717) is 16.3 Å². The zero-order valence-corrected chi connectivity index (χ0v) is 10.7. The fraction of sp³-hybridized carbons (Fsp3) is 0. The standard InChI is InChI=1S/C14H11ClN2O2/c15-13-8-2-1-7-12(13)14(18)17-16-9-3-5-11-6-4-10-19-11/h1-10H,(H,17,18). The number of carbonyl (C=O) groups is 1. The van der Waals surface area contributed by atoms with Gasteiger partial charge in [-0.15, -0.1) is 0 Å². The summed E-state index contributed by atoms with van der Waals surface area (Å²) in [6, 6.07) is 10.4. The molecular weight excluding hydrogens is 264 g/mol. The second kappa shape index (κ2) is 6.56. The van der Waals surface area contributed by atoms with Crippen molar-refractivity contribution in [2.45, 2.75) is 0 Å². The van der Waals surface area contributed by atoms with Crippen molar-refractivity contribution in [1.29, 1.82) is 0 Å². The lowest BCUT2D eigenvalue weighted by Gasteiger charge is -2.00. The van der Waals surface area contributed by atoms with Gasteiger partial charge < -0.3 is 4.42 Å². The molecule has 0 spiro atoms. The Labute approximate surface area is 115 Å². The third kappa shape index (κ3) is 3.82. The molecule has 0 unspecified atom stereocenters. The van der Waals surface area contributed by atoms with Gasteiger partial charge >= 0.3 is 0 Å². The number of nitrogens with zero attached hydrogens (tertiary/aromatic N) is 1. The van der Waals surface area contributed by atoms with E-state index >= 15 is 0 Å². The van der Waals surface area contributed by atoms with E-state index in [-0.39, 0.29) is 5.91 Å². The Kier molecular flexibility index (Phi) is 4.53. The van der Waals surface area contributed by atoms with Gasteiger partial charge in [-0.2, -0.15) is 5.10 Å². The highest BCUT2D eigenvalue weighted by molar-refractivity contribution is 6.33. The van der Waals surface area contributed by atoms with Gasteiger partial charge in [-0.1, -0.05) is 23.7 Å². The molecule has 5 heteroatoms. The molecule has 0 aliphatic heterocycles. The van der Waals surface area contributed by atoms with Crippen molar-refractivity contribution in [2.75, 3.05) is 0 Å². The predicted octanol–water partition coefficient (Wildman–Crippen LogP) is 3.36. The van der Waals surface area contributed by atoms with Crippen LogP contribution in [0.25, 0.3) is 6.08 Å². The maximum Gasteiger partial charge on any atom is 0.272 e. The fourth-order valence-electron chi connectivity index (χ4n) is 1.37. The van der Waals surface area contributed by atoms with Gasteiger partial charge in [-0.25, -0.2) is 5.43 Å². The van der Waals surface area contributed by atoms with Gasteiger partial charge in [0.15, 0.2) is 0 Å². The van der Waals surface area contributed by atoms with Crippen molar-refractivity contribution in [3.63, 3.8) is 0 Å². The van der Waals surface area contributed by atoms with Crippen LogP contribution in [-0.4, -0.2) is 12.1 Å². The molecule has 1 heterocycles. The maximum atomic E-state index is 11.7. The van der Waals surface area contributed by atoms with Gasteiger partial charge in [0.1, 0.15) is 5.76 Å². The average molecular weight is 275 g/mol. The van der Waals surface area contributed by atoms with E-state index in [1.807, 2.05) is 6.07 Å². The van der Waals surface area contributed by atoms with Crippen LogP contribution in [0.3, 0.4) is 0 Å². The fourth-order valence-corrected chi connectivity index (χ4v) is 1.59. The third-order valence-corrected chi connectivity index (χ3v) is 2.58. The molecule has 1 N–H and O–H groups in total. The molecule has 0 aliphatic rings. The van der Waals surface area contributed by atoms with Crippen LogP contribution in [0.15, 0.2) is 58.3 Å². The molecule has 2 rings (SSSR count). The van der Waals surface area contributed by atoms with Crippen LogP contribution in [0.4, 0.5) is 0 Å². The molecule has 96 valence electrons. The number of hydrazone groups is 1. The van der Waals surface area contributed by atoms with Gasteiger partial charge in [-0.05, 0) is 36.4 Å². The lowest BCUT2D eigenvalue weighted by atomic mass is 10.2. The van der Waals surface area contributed by atoms with Gasteiger partial charge in [0, 0.05) is 6.21 Å². The first kappa shape index (κ1) is 13.1. The molecule has 0 bridgehead atoms. The highest BCUT2D eigenvalue weighted by Crippen LogP contribution is 2.14. The third-order valence-electron chi connectivity index (χ3n) is 2.25. The van der Waals surface area contributed by atoms with Crippen LogP contribution in [0, 0.1) is 0 Å². The molecule has 1 aromatic heterocycles. The smallest absolute Gasteiger partial charge is 0.272 e. The molecule has 1 amide bonds. The highest BCUT2D eigenvalue weighted by Gasteiger charge is 2.07. The molecule has 0 saturated heterocycles. The largest absolute Gasteiger partial charge is 0.465 e. The summed E-state index contributed by atoms with van der Waals surface area (Å²) in [6.07, 6.45) is 6.42. The van der Waals surface area contributed by atoms with E-state index in [9.17, 15) is 4.79 Å². The minimum atomic E-state index is -0.353. The van der Waals surface area contributed by atoms with E-state index in [1.165, 1.54) is 6.21 Å². The molecule has 2 aromatic rings. The van der Waals surface area contributed by atoms with Crippen molar-refractivity contribution in [2.24, 2.45) is 5.10 Å². The number of halogens is 1. The number of allylic oxidation sites excluding steroid dienone is 1. The van der Waals surface area contributed by atoms with Gasteiger partial charge in [0.05, 0.1) is 16.8 Å². The normalized spacial score (nSPS) is 11.2. The average Bonchev–Trinajstić information content (AvgIpc) is 2.92. The Bertz CT molecular complexity index is 604. The topological polar surface area (TPSA) is 54.6 Å². The Hall–Kier alpha value is -2.33. The lowest BCUT2D eigenvalue weighted by Crippen LogP contribution is -2.17. The van der Waals surface area contributed by atoms with E-state index in [1.54, 1.807) is 48.7 Å². The van der Waals surface area contributed by atoms with Gasteiger partial charge in [-0.3, -0.25) is 4.79 Å². The number of furan rings is 1. The summed E-state index contributed by atoms with van der Waals surface area (Å²) in [5, 5.41) is 4.17. The first-order valence-electron chi connectivity index (χ1n) is 5.55. The van der Waals surface area contributed by atoms with Crippen molar-refractivity contribution in [3.05, 3.63) is 65.1 Å². The monoisotopic (exact) mass is 274 g/mol. The van der Waals surface area contributed by atoms with Crippen molar-refractivity contribution in [1.82, 2.24) is 5.43 Å². The van der Waals surface area contributed by atoms with Crippen molar-refractivity contribution < 1.29 is 9.21 Å². The Morgan fingerprint density at radius 1 is 1.26 bits per heavy atom. The second-order valence-electron chi connectivity index (χ2n) is 3.57. The molecule has 0 saturated carbocycles. The van der Waals surface area contributed by atoms with E-state index < -0.39 is 0 Å².